The standard InChI is InChI=1S/C14H13ClO3S/c1-2-3-6-19-11-7-10(17)12-8(15)4-5-9(16)13(12)14(11)18/h4-5,7,16H,2-3,6H2,1H3. The number of thioether (sulfide) groups is 1. The Balaban J connectivity index is 2.39. The molecule has 5 heteroatoms. The number of benzene rings is 1. The first-order valence-electron chi connectivity index (χ1n) is 6.01. The minimum atomic E-state index is -0.325. The summed E-state index contributed by atoms with van der Waals surface area (Å²) in [5.74, 6) is -0.0671. The molecule has 0 heterocycles. The van der Waals surface area contributed by atoms with Crippen LogP contribution >= 0.6 is 23.4 Å². The van der Waals surface area contributed by atoms with Crippen molar-refractivity contribution in [3.8, 4) is 5.75 Å². The maximum Gasteiger partial charge on any atom is 0.204 e. The van der Waals surface area contributed by atoms with Crippen LogP contribution in [0.4, 0.5) is 0 Å². The predicted octanol–water partition coefficient (Wildman–Crippen LogP) is 3.84. The molecule has 19 heavy (non-hydrogen) atoms. The third-order valence-corrected chi connectivity index (χ3v) is 4.27. The van der Waals surface area contributed by atoms with E-state index in [0.717, 1.165) is 18.6 Å². The lowest BCUT2D eigenvalue weighted by Crippen LogP contribution is -2.16. The summed E-state index contributed by atoms with van der Waals surface area (Å²) < 4.78 is 0. The van der Waals surface area contributed by atoms with Gasteiger partial charge in [0.1, 0.15) is 5.75 Å². The second-order valence-electron chi connectivity index (χ2n) is 4.22. The number of carbonyl (C=O) groups excluding carboxylic acids is 2. The van der Waals surface area contributed by atoms with Crippen molar-refractivity contribution in [1.82, 2.24) is 0 Å². The van der Waals surface area contributed by atoms with Crippen LogP contribution in [0.3, 0.4) is 0 Å². The zero-order valence-corrected chi connectivity index (χ0v) is 12.0. The van der Waals surface area contributed by atoms with Crippen LogP contribution in [0, 0.1) is 0 Å². The minimum absolute atomic E-state index is 0.0269. The average Bonchev–Trinajstić information content (AvgIpc) is 2.38. The second kappa shape index (κ2) is 5.80. The molecule has 2 rings (SSSR count). The fraction of sp³-hybridized carbons (Fsp3) is 0.286. The second-order valence-corrected chi connectivity index (χ2v) is 5.76. The maximum absolute atomic E-state index is 12.3. The molecule has 1 N–H and O–H groups in total. The molecule has 1 aliphatic carbocycles. The van der Waals surface area contributed by atoms with E-state index in [4.69, 9.17) is 11.6 Å². The predicted molar refractivity (Wildman–Crippen MR) is 77.2 cm³/mol. The average molecular weight is 297 g/mol. The van der Waals surface area contributed by atoms with Crippen molar-refractivity contribution in [3.63, 3.8) is 0 Å². The molecule has 0 aliphatic heterocycles. The fourth-order valence-electron chi connectivity index (χ4n) is 1.85. The van der Waals surface area contributed by atoms with Crippen LogP contribution in [0.25, 0.3) is 0 Å². The first-order chi connectivity index (χ1) is 9.06. The SMILES string of the molecule is CCCCSC1=CC(=O)c2c(Cl)ccc(O)c2C1=O. The summed E-state index contributed by atoms with van der Waals surface area (Å²) >= 11 is 7.28. The van der Waals surface area contributed by atoms with Crippen molar-refractivity contribution in [2.45, 2.75) is 19.8 Å². The summed E-state index contributed by atoms with van der Waals surface area (Å²) in [5.41, 5.74) is 0.130. The van der Waals surface area contributed by atoms with Gasteiger partial charge in [0.2, 0.25) is 5.78 Å². The van der Waals surface area contributed by atoms with Crippen LogP contribution in [0.5, 0.6) is 5.75 Å². The summed E-state index contributed by atoms with van der Waals surface area (Å²) in [6, 6.07) is 2.76. The number of carbonyl (C=O) groups is 2. The number of Topliss-reactive ketones (excluding diaryl/α,β-unsaturated/α-hetero) is 1. The highest BCUT2D eigenvalue weighted by Crippen LogP contribution is 2.36. The zero-order valence-electron chi connectivity index (χ0n) is 10.4. The van der Waals surface area contributed by atoms with Gasteiger partial charge in [-0.05, 0) is 24.3 Å². The molecule has 0 radical (unpaired) electrons. The topological polar surface area (TPSA) is 54.4 Å². The Morgan fingerprint density at radius 2 is 2.00 bits per heavy atom. The highest BCUT2D eigenvalue weighted by molar-refractivity contribution is 8.04. The molecular formula is C14H13ClO3S. The van der Waals surface area contributed by atoms with Gasteiger partial charge in [-0.15, -0.1) is 11.8 Å². The number of unbranched alkanes of at least 4 members (excludes halogenated alkanes) is 1. The van der Waals surface area contributed by atoms with Crippen molar-refractivity contribution in [3.05, 3.63) is 39.3 Å². The van der Waals surface area contributed by atoms with Gasteiger partial charge in [-0.3, -0.25) is 9.59 Å². The molecule has 0 aromatic heterocycles. The number of phenolic OH excluding ortho intramolecular Hbond substituents is 1. The van der Waals surface area contributed by atoms with Crippen molar-refractivity contribution in [1.29, 1.82) is 0 Å². The molecule has 1 aromatic carbocycles. The molecule has 0 atom stereocenters. The van der Waals surface area contributed by atoms with Crippen LogP contribution < -0.4 is 0 Å². The summed E-state index contributed by atoms with van der Waals surface area (Å²) in [5, 5.41) is 9.98. The summed E-state index contributed by atoms with van der Waals surface area (Å²) in [6.45, 7) is 2.06. The lowest BCUT2D eigenvalue weighted by atomic mass is 9.94. The highest BCUT2D eigenvalue weighted by atomic mass is 35.5. The van der Waals surface area contributed by atoms with Gasteiger partial charge in [-0.1, -0.05) is 24.9 Å². The van der Waals surface area contributed by atoms with E-state index in [1.165, 1.54) is 30.0 Å². The Kier molecular flexibility index (Phi) is 4.32. The van der Waals surface area contributed by atoms with E-state index in [1.807, 2.05) is 0 Å². The van der Waals surface area contributed by atoms with E-state index < -0.39 is 0 Å². The van der Waals surface area contributed by atoms with Crippen LogP contribution in [-0.2, 0) is 0 Å². The summed E-state index contributed by atoms with van der Waals surface area (Å²) in [7, 11) is 0. The van der Waals surface area contributed by atoms with Crippen LogP contribution in [0.2, 0.25) is 5.02 Å². The van der Waals surface area contributed by atoms with Crippen LogP contribution in [0.1, 0.15) is 40.5 Å². The first-order valence-corrected chi connectivity index (χ1v) is 7.37. The van der Waals surface area contributed by atoms with Crippen molar-refractivity contribution >= 4 is 34.9 Å². The fourth-order valence-corrected chi connectivity index (χ4v) is 3.18. The van der Waals surface area contributed by atoms with Gasteiger partial charge in [0, 0.05) is 6.08 Å². The quantitative estimate of drug-likeness (QED) is 0.858. The van der Waals surface area contributed by atoms with Crippen LogP contribution in [0.15, 0.2) is 23.1 Å². The Hall–Kier alpha value is -1.26. The summed E-state index contributed by atoms with van der Waals surface area (Å²) in [4.78, 5) is 24.7. The normalized spacial score (nSPS) is 14.3. The van der Waals surface area contributed by atoms with E-state index in [0.29, 0.717) is 4.91 Å². The monoisotopic (exact) mass is 296 g/mol. The number of phenols is 1. The van der Waals surface area contributed by atoms with Gasteiger partial charge < -0.3 is 5.11 Å². The number of ketones is 2. The number of halogens is 1. The van der Waals surface area contributed by atoms with Gasteiger partial charge in [0.25, 0.3) is 0 Å². The molecule has 0 spiro atoms. The van der Waals surface area contributed by atoms with Crippen molar-refractivity contribution in [2.24, 2.45) is 0 Å². The Bertz CT molecular complexity index is 578. The van der Waals surface area contributed by atoms with E-state index in [9.17, 15) is 14.7 Å². The van der Waals surface area contributed by atoms with E-state index in [1.54, 1.807) is 0 Å². The number of rotatable bonds is 4. The van der Waals surface area contributed by atoms with E-state index >= 15 is 0 Å². The van der Waals surface area contributed by atoms with Gasteiger partial charge in [-0.25, -0.2) is 0 Å². The largest absolute Gasteiger partial charge is 0.507 e. The van der Waals surface area contributed by atoms with Gasteiger partial charge in [-0.2, -0.15) is 0 Å². The van der Waals surface area contributed by atoms with E-state index in [2.05, 4.69) is 6.92 Å². The van der Waals surface area contributed by atoms with Crippen molar-refractivity contribution in [2.75, 3.05) is 5.75 Å². The number of fused-ring (bicyclic) bond motifs is 1. The molecule has 100 valence electrons. The molecule has 0 amide bonds. The Morgan fingerprint density at radius 1 is 1.26 bits per heavy atom. The molecule has 0 saturated heterocycles. The van der Waals surface area contributed by atoms with Gasteiger partial charge in [0.15, 0.2) is 5.78 Å². The number of aromatic hydroxyl groups is 1. The van der Waals surface area contributed by atoms with Crippen LogP contribution in [-0.4, -0.2) is 22.4 Å². The molecule has 1 aliphatic rings. The molecule has 0 bridgehead atoms. The molecule has 1 aromatic rings. The Labute approximate surface area is 120 Å². The maximum atomic E-state index is 12.3. The smallest absolute Gasteiger partial charge is 0.204 e. The third-order valence-electron chi connectivity index (χ3n) is 2.85. The molecule has 3 nitrogen and oxygen atoms in total. The Morgan fingerprint density at radius 3 is 2.68 bits per heavy atom. The third kappa shape index (κ3) is 2.69. The lowest BCUT2D eigenvalue weighted by molar-refractivity contribution is 0.0989. The van der Waals surface area contributed by atoms with E-state index in [-0.39, 0.29) is 33.5 Å². The molecule has 0 saturated carbocycles. The minimum Gasteiger partial charge on any atom is -0.507 e. The highest BCUT2D eigenvalue weighted by Gasteiger charge is 2.30. The lowest BCUT2D eigenvalue weighted by Gasteiger charge is -2.16. The molecule has 0 unspecified atom stereocenters. The number of allylic oxidation sites excluding steroid dienone is 2. The number of hydrogen-bond donors (Lipinski definition) is 1. The molecule has 0 fully saturated rings. The van der Waals surface area contributed by atoms with Gasteiger partial charge >= 0.3 is 0 Å². The van der Waals surface area contributed by atoms with Gasteiger partial charge in [0.05, 0.1) is 21.1 Å². The number of hydrogen-bond acceptors (Lipinski definition) is 4. The zero-order chi connectivity index (χ0) is 14.0. The summed E-state index contributed by atoms with van der Waals surface area (Å²) in [6.07, 6.45) is 3.31. The first kappa shape index (κ1) is 14.2. The van der Waals surface area contributed by atoms with Crippen molar-refractivity contribution < 1.29 is 14.7 Å². The molecular weight excluding hydrogens is 284 g/mol.